The van der Waals surface area contributed by atoms with E-state index in [-0.39, 0.29) is 35.5 Å². The van der Waals surface area contributed by atoms with E-state index in [9.17, 15) is 14.4 Å². The molecular formula is C24H24N2O3. The van der Waals surface area contributed by atoms with Gasteiger partial charge in [0.15, 0.2) is 0 Å². The molecule has 2 aromatic rings. The lowest BCUT2D eigenvalue weighted by Gasteiger charge is -2.22. The predicted molar refractivity (Wildman–Crippen MR) is 111 cm³/mol. The van der Waals surface area contributed by atoms with Gasteiger partial charge < -0.3 is 5.32 Å². The van der Waals surface area contributed by atoms with Gasteiger partial charge in [0, 0.05) is 12.1 Å². The van der Waals surface area contributed by atoms with Crippen LogP contribution in [0, 0.1) is 17.8 Å². The van der Waals surface area contributed by atoms with Gasteiger partial charge >= 0.3 is 0 Å². The van der Waals surface area contributed by atoms with Gasteiger partial charge in [-0.1, -0.05) is 55.5 Å². The van der Waals surface area contributed by atoms with Crippen LogP contribution in [0.2, 0.25) is 0 Å². The summed E-state index contributed by atoms with van der Waals surface area (Å²) >= 11 is 0. The van der Waals surface area contributed by atoms with E-state index in [2.05, 4.69) is 5.32 Å². The van der Waals surface area contributed by atoms with Crippen LogP contribution in [0.15, 0.2) is 66.7 Å². The van der Waals surface area contributed by atoms with Crippen molar-refractivity contribution in [1.29, 1.82) is 0 Å². The molecule has 3 amide bonds. The number of anilines is 1. The van der Waals surface area contributed by atoms with Crippen molar-refractivity contribution in [2.75, 3.05) is 11.4 Å². The average Bonchev–Trinajstić information content (AvgIpc) is 3.00. The monoisotopic (exact) mass is 388 g/mol. The molecule has 0 saturated carbocycles. The van der Waals surface area contributed by atoms with Gasteiger partial charge in [0.05, 0.1) is 17.5 Å². The summed E-state index contributed by atoms with van der Waals surface area (Å²) in [5.74, 6) is -1.12. The maximum absolute atomic E-state index is 12.9. The van der Waals surface area contributed by atoms with Gasteiger partial charge in [-0.3, -0.25) is 19.3 Å². The second-order valence-corrected chi connectivity index (χ2v) is 7.71. The molecule has 3 atom stereocenters. The third kappa shape index (κ3) is 3.73. The van der Waals surface area contributed by atoms with Crippen molar-refractivity contribution in [2.24, 2.45) is 17.8 Å². The Bertz CT molecular complexity index is 967. The van der Waals surface area contributed by atoms with Crippen LogP contribution in [0.5, 0.6) is 0 Å². The molecule has 0 radical (unpaired) electrons. The highest BCUT2D eigenvalue weighted by molar-refractivity contribution is 6.22. The summed E-state index contributed by atoms with van der Waals surface area (Å²) < 4.78 is 0. The highest BCUT2D eigenvalue weighted by Crippen LogP contribution is 2.40. The minimum Gasteiger partial charge on any atom is -0.352 e. The van der Waals surface area contributed by atoms with Gasteiger partial charge in [0.2, 0.25) is 11.8 Å². The fourth-order valence-electron chi connectivity index (χ4n) is 4.26. The molecule has 4 rings (SSSR count). The summed E-state index contributed by atoms with van der Waals surface area (Å²) in [6.45, 7) is 2.49. The number of fused-ring (bicyclic) bond motifs is 1. The first kappa shape index (κ1) is 19.1. The molecule has 1 aliphatic carbocycles. The first-order valence-electron chi connectivity index (χ1n) is 10.0. The lowest BCUT2D eigenvalue weighted by atomic mass is 9.78. The Morgan fingerprint density at radius 3 is 2.62 bits per heavy atom. The summed E-state index contributed by atoms with van der Waals surface area (Å²) in [6, 6.07) is 16.7. The molecule has 5 heteroatoms. The third-order valence-corrected chi connectivity index (χ3v) is 5.78. The first-order valence-corrected chi connectivity index (χ1v) is 10.0. The molecule has 1 saturated heterocycles. The van der Waals surface area contributed by atoms with E-state index in [0.29, 0.717) is 24.2 Å². The molecule has 0 spiro atoms. The number of rotatable bonds is 5. The summed E-state index contributed by atoms with van der Waals surface area (Å²) in [7, 11) is 0. The van der Waals surface area contributed by atoms with E-state index in [1.54, 1.807) is 24.3 Å². The van der Waals surface area contributed by atoms with E-state index in [4.69, 9.17) is 0 Å². The van der Waals surface area contributed by atoms with Crippen LogP contribution in [0.1, 0.15) is 29.3 Å². The zero-order valence-electron chi connectivity index (χ0n) is 16.4. The average molecular weight is 388 g/mol. The van der Waals surface area contributed by atoms with Crippen molar-refractivity contribution in [3.63, 3.8) is 0 Å². The molecule has 1 heterocycles. The molecule has 2 aromatic carbocycles. The Morgan fingerprint density at radius 2 is 1.86 bits per heavy atom. The van der Waals surface area contributed by atoms with Crippen molar-refractivity contribution in [3.8, 4) is 0 Å². The van der Waals surface area contributed by atoms with Crippen molar-refractivity contribution < 1.29 is 14.4 Å². The smallest absolute Gasteiger partial charge is 0.251 e. The molecule has 0 unspecified atom stereocenters. The lowest BCUT2D eigenvalue weighted by molar-refractivity contribution is -0.122. The number of allylic oxidation sites excluding steroid dienone is 2. The van der Waals surface area contributed by atoms with E-state index in [1.165, 1.54) is 4.90 Å². The first-order chi connectivity index (χ1) is 14.1. The Hall–Kier alpha value is -3.21. The minimum atomic E-state index is -0.309. The maximum atomic E-state index is 12.9. The SMILES string of the molecule is C[C@@H]1C=CC[C@@H]2C(=O)N(c3cccc(C(=O)NCCc4ccccc4)c3)C(=O)[C@H]12. The van der Waals surface area contributed by atoms with Crippen LogP contribution in [0.3, 0.4) is 0 Å². The van der Waals surface area contributed by atoms with Crippen LogP contribution in [-0.2, 0) is 16.0 Å². The second kappa shape index (κ2) is 8.03. The fraction of sp³-hybridized carbons (Fsp3) is 0.292. The normalized spacial score (nSPS) is 23.2. The Kier molecular flexibility index (Phi) is 5.30. The second-order valence-electron chi connectivity index (χ2n) is 7.71. The van der Waals surface area contributed by atoms with Crippen molar-refractivity contribution in [3.05, 3.63) is 77.9 Å². The molecule has 1 aliphatic heterocycles. The van der Waals surface area contributed by atoms with Gasteiger partial charge in [-0.2, -0.15) is 0 Å². The third-order valence-electron chi connectivity index (χ3n) is 5.78. The number of nitrogens with one attached hydrogen (secondary N) is 1. The van der Waals surface area contributed by atoms with Gasteiger partial charge in [0.1, 0.15) is 0 Å². The van der Waals surface area contributed by atoms with Crippen LogP contribution >= 0.6 is 0 Å². The van der Waals surface area contributed by atoms with Crippen LogP contribution < -0.4 is 10.2 Å². The van der Waals surface area contributed by atoms with Gasteiger partial charge in [-0.15, -0.1) is 0 Å². The quantitative estimate of drug-likeness (QED) is 0.631. The number of carbonyl (C=O) groups is 3. The number of carbonyl (C=O) groups excluding carboxylic acids is 3. The maximum Gasteiger partial charge on any atom is 0.251 e. The van der Waals surface area contributed by atoms with Gasteiger partial charge in [-0.05, 0) is 42.5 Å². The van der Waals surface area contributed by atoms with Crippen molar-refractivity contribution >= 4 is 23.4 Å². The number of hydrogen-bond donors (Lipinski definition) is 1. The van der Waals surface area contributed by atoms with Gasteiger partial charge in [-0.25, -0.2) is 0 Å². The van der Waals surface area contributed by atoms with E-state index in [0.717, 1.165) is 12.0 Å². The topological polar surface area (TPSA) is 66.5 Å². The zero-order valence-corrected chi connectivity index (χ0v) is 16.4. The Labute approximate surface area is 170 Å². The van der Waals surface area contributed by atoms with Crippen LogP contribution in [0.4, 0.5) is 5.69 Å². The molecule has 29 heavy (non-hydrogen) atoms. The van der Waals surface area contributed by atoms with Gasteiger partial charge in [0.25, 0.3) is 5.91 Å². The molecule has 1 N–H and O–H groups in total. The number of hydrogen-bond acceptors (Lipinski definition) is 3. The molecule has 2 aliphatic rings. The Morgan fingerprint density at radius 1 is 1.07 bits per heavy atom. The van der Waals surface area contributed by atoms with Crippen molar-refractivity contribution in [1.82, 2.24) is 5.32 Å². The fourth-order valence-corrected chi connectivity index (χ4v) is 4.26. The Balaban J connectivity index is 1.46. The molecule has 1 fully saturated rings. The highest BCUT2D eigenvalue weighted by Gasteiger charge is 2.50. The van der Waals surface area contributed by atoms with E-state index < -0.39 is 0 Å². The number of benzene rings is 2. The number of amides is 3. The largest absolute Gasteiger partial charge is 0.352 e. The molecule has 5 nitrogen and oxygen atoms in total. The van der Waals surface area contributed by atoms with Crippen molar-refractivity contribution in [2.45, 2.75) is 19.8 Å². The molecule has 0 aromatic heterocycles. The molecule has 0 bridgehead atoms. The molecule has 148 valence electrons. The standard InChI is InChI=1S/C24H24N2O3/c1-16-7-5-12-20-21(16)24(29)26(23(20)28)19-11-6-10-18(15-19)22(27)25-14-13-17-8-3-2-4-9-17/h2-11,15-16,20-21H,12-14H2,1H3,(H,25,27)/t16-,20+,21-/m1/s1. The summed E-state index contributed by atoms with van der Waals surface area (Å²) in [4.78, 5) is 39.6. The zero-order chi connectivity index (χ0) is 20.4. The summed E-state index contributed by atoms with van der Waals surface area (Å²) in [6.07, 6.45) is 5.32. The van der Waals surface area contributed by atoms with Crippen LogP contribution in [-0.4, -0.2) is 24.3 Å². The van der Waals surface area contributed by atoms with Crippen LogP contribution in [0.25, 0.3) is 0 Å². The molecular weight excluding hydrogens is 364 g/mol. The van der Waals surface area contributed by atoms with E-state index in [1.807, 2.05) is 49.4 Å². The summed E-state index contributed by atoms with van der Waals surface area (Å²) in [5, 5.41) is 2.91. The van der Waals surface area contributed by atoms with E-state index >= 15 is 0 Å². The lowest BCUT2D eigenvalue weighted by Crippen LogP contribution is -2.32. The highest BCUT2D eigenvalue weighted by atomic mass is 16.2. The predicted octanol–water partition coefficient (Wildman–Crippen LogP) is 3.36. The summed E-state index contributed by atoms with van der Waals surface area (Å²) in [5.41, 5.74) is 2.06. The number of imide groups is 1. The number of nitrogens with zero attached hydrogens (tertiary/aromatic N) is 1. The minimum absolute atomic E-state index is 0.0414.